The second-order valence-corrected chi connectivity index (χ2v) is 14.2. The number of rotatable bonds is 8. The Balaban J connectivity index is 3.61. The molecule has 0 amide bonds. The van der Waals surface area contributed by atoms with Crippen LogP contribution in [0.2, 0.25) is 0 Å². The van der Waals surface area contributed by atoms with Crippen molar-refractivity contribution in [2.75, 3.05) is 38.0 Å². The van der Waals surface area contributed by atoms with E-state index in [9.17, 15) is 42.1 Å². The van der Waals surface area contributed by atoms with Crippen molar-refractivity contribution in [3.63, 3.8) is 0 Å². The molecule has 0 aliphatic heterocycles. The van der Waals surface area contributed by atoms with E-state index >= 15 is 0 Å². The zero-order valence-electron chi connectivity index (χ0n) is 31.6. The second-order valence-electron chi connectivity index (χ2n) is 14.2. The minimum atomic E-state index is -0.981. The van der Waals surface area contributed by atoms with Crippen molar-refractivity contribution in [1.82, 2.24) is 0 Å². The Morgan fingerprint density at radius 3 is 0.849 bits per heavy atom. The van der Waals surface area contributed by atoms with Gasteiger partial charge in [-0.05, 0) is 46.2 Å². The van der Waals surface area contributed by atoms with Crippen LogP contribution >= 0.6 is 0 Å². The number of nitrogens with zero attached hydrogens (tertiary/aromatic N) is 10. The highest BCUT2D eigenvalue weighted by atomic mass is 15.1. The summed E-state index contributed by atoms with van der Waals surface area (Å²) in [7, 11) is 7.39. The normalized spacial score (nSPS) is 9.85. The Morgan fingerprint density at radius 1 is 0.415 bits per heavy atom. The lowest BCUT2D eigenvalue weighted by molar-refractivity contribution is 0.500. The van der Waals surface area contributed by atoms with Crippen molar-refractivity contribution in [1.29, 1.82) is 42.1 Å². The highest BCUT2D eigenvalue weighted by Gasteiger charge is 2.34. The average Bonchev–Trinajstić information content (AvgIpc) is 3.11. The van der Waals surface area contributed by atoms with Crippen LogP contribution in [0.5, 0.6) is 0 Å². The maximum absolute atomic E-state index is 10.4. The lowest BCUT2D eigenvalue weighted by atomic mass is 9.72. The Hall–Kier alpha value is -7.56. The van der Waals surface area contributed by atoms with Gasteiger partial charge in [0, 0.05) is 73.0 Å². The van der Waals surface area contributed by atoms with Gasteiger partial charge in [-0.25, -0.2) is 0 Å². The fourth-order valence-electron chi connectivity index (χ4n) is 5.35. The topological polar surface area (TPSA) is 197 Å². The zero-order valence-corrected chi connectivity index (χ0v) is 31.6. The monoisotopic (exact) mass is 694 g/mol. The molecule has 0 aliphatic carbocycles. The summed E-state index contributed by atoms with van der Waals surface area (Å²) in [5.41, 5.74) is 2.56. The van der Waals surface area contributed by atoms with Gasteiger partial charge in [0.1, 0.15) is 70.8 Å². The summed E-state index contributed by atoms with van der Waals surface area (Å²) >= 11 is 0. The van der Waals surface area contributed by atoms with Crippen molar-refractivity contribution in [2.24, 2.45) is 10.8 Å². The van der Waals surface area contributed by atoms with Gasteiger partial charge in [0.25, 0.3) is 0 Å². The minimum Gasteiger partial charge on any atom is -0.378 e. The van der Waals surface area contributed by atoms with Crippen LogP contribution in [-0.2, 0) is 0 Å². The summed E-state index contributed by atoms with van der Waals surface area (Å²) in [5.74, 6) is 0. The third-order valence-corrected chi connectivity index (χ3v) is 7.99. The van der Waals surface area contributed by atoms with E-state index in [0.29, 0.717) is 11.1 Å². The quantitative estimate of drug-likeness (QED) is 0.147. The van der Waals surface area contributed by atoms with Gasteiger partial charge >= 0.3 is 0 Å². The van der Waals surface area contributed by atoms with Gasteiger partial charge in [0.05, 0.1) is 0 Å². The maximum atomic E-state index is 10.4. The van der Waals surface area contributed by atoms with Crippen LogP contribution in [0.25, 0.3) is 11.1 Å². The standard InChI is InChI=1S/C43H38N10/c1-42(2,3)36(40(32(24-48)25-49)38(30(20-44)21-45)28-11-15-34(16-12-28)52(7)8)19-37(43(4,5)6)41(33(26-50)27-51)39(31(22-46)23-47)29-13-17-35(18-14-29)53(9)10/h11-18H,1-10H3. The van der Waals surface area contributed by atoms with Crippen molar-refractivity contribution in [3.05, 3.63) is 110 Å². The van der Waals surface area contributed by atoms with Crippen molar-refractivity contribution < 1.29 is 0 Å². The number of nitriles is 8. The average molecular weight is 695 g/mol. The number of allylic oxidation sites excluding steroid dienone is 9. The molecular formula is C43H38N10. The van der Waals surface area contributed by atoms with Crippen LogP contribution in [0, 0.1) is 101 Å². The molecule has 0 saturated carbocycles. The molecule has 0 fully saturated rings. The predicted molar refractivity (Wildman–Crippen MR) is 204 cm³/mol. The van der Waals surface area contributed by atoms with Crippen LogP contribution in [0.1, 0.15) is 52.7 Å². The molecule has 0 bridgehead atoms. The first kappa shape index (κ1) is 41.6. The van der Waals surface area contributed by atoms with E-state index in [1.807, 2.05) is 86.5 Å². The van der Waals surface area contributed by atoms with Crippen molar-refractivity contribution in [2.45, 2.75) is 41.5 Å². The lowest BCUT2D eigenvalue weighted by Gasteiger charge is -2.30. The highest BCUT2D eigenvalue weighted by molar-refractivity contribution is 5.94. The lowest BCUT2D eigenvalue weighted by Crippen LogP contribution is -2.18. The first-order valence-electron chi connectivity index (χ1n) is 16.2. The summed E-state index contributed by atoms with van der Waals surface area (Å²) in [6, 6.07) is 29.3. The van der Waals surface area contributed by atoms with Gasteiger partial charge in [0.2, 0.25) is 0 Å². The number of hydrogen-bond donors (Lipinski definition) is 0. The first-order valence-corrected chi connectivity index (χ1v) is 16.2. The SMILES string of the molecule is CN(C)c1ccc(C(=C(C#N)C#N)C(C(=C=C(C(=C(C#N)C#N)C(=C(C#N)C#N)c2ccc(N(C)C)cc2)C(C)(C)C)C(C)(C)C)=C(C#N)C#N)cc1. The molecule has 0 heterocycles. The minimum absolute atomic E-state index is 0.0141. The Morgan fingerprint density at radius 2 is 0.660 bits per heavy atom. The summed E-state index contributed by atoms with van der Waals surface area (Å²) in [5, 5.41) is 82.6. The Labute approximate surface area is 312 Å². The third kappa shape index (κ3) is 9.37. The van der Waals surface area contributed by atoms with E-state index in [-0.39, 0.29) is 44.6 Å². The Bertz CT molecular complexity index is 2100. The largest absolute Gasteiger partial charge is 0.378 e. The Kier molecular flexibility index (Phi) is 13.7. The van der Waals surface area contributed by atoms with Crippen LogP contribution in [-0.4, -0.2) is 28.2 Å². The number of anilines is 2. The predicted octanol–water partition coefficient (Wildman–Crippen LogP) is 8.35. The molecule has 2 rings (SSSR count). The third-order valence-electron chi connectivity index (χ3n) is 7.99. The molecule has 0 atom stereocenters. The van der Waals surface area contributed by atoms with E-state index in [4.69, 9.17) is 0 Å². The second kappa shape index (κ2) is 17.4. The number of hydrogen-bond acceptors (Lipinski definition) is 10. The fourth-order valence-corrected chi connectivity index (χ4v) is 5.35. The molecule has 10 nitrogen and oxygen atoms in total. The zero-order chi connectivity index (χ0) is 40.3. The highest BCUT2D eigenvalue weighted by Crippen LogP contribution is 2.46. The number of benzene rings is 2. The van der Waals surface area contributed by atoms with Gasteiger partial charge in [-0.2, -0.15) is 42.1 Å². The van der Waals surface area contributed by atoms with Gasteiger partial charge in [-0.15, -0.1) is 5.73 Å². The van der Waals surface area contributed by atoms with Crippen LogP contribution in [0.3, 0.4) is 0 Å². The van der Waals surface area contributed by atoms with Crippen LogP contribution in [0.4, 0.5) is 11.4 Å². The molecule has 0 radical (unpaired) electrons. The van der Waals surface area contributed by atoms with E-state index < -0.39 is 22.0 Å². The van der Waals surface area contributed by atoms with E-state index in [1.54, 1.807) is 90.1 Å². The van der Waals surface area contributed by atoms with Gasteiger partial charge in [-0.1, -0.05) is 65.8 Å². The summed E-state index contributed by atoms with van der Waals surface area (Å²) in [6.45, 7) is 10.7. The molecule has 0 unspecified atom stereocenters. The van der Waals surface area contributed by atoms with E-state index in [1.165, 1.54) is 0 Å². The van der Waals surface area contributed by atoms with Crippen molar-refractivity contribution >= 4 is 22.5 Å². The molecule has 0 aliphatic rings. The molecule has 0 spiro atoms. The molecule has 53 heavy (non-hydrogen) atoms. The van der Waals surface area contributed by atoms with Crippen LogP contribution in [0.15, 0.2) is 98.8 Å². The van der Waals surface area contributed by atoms with Crippen molar-refractivity contribution in [3.8, 4) is 48.6 Å². The smallest absolute Gasteiger partial charge is 0.138 e. The molecule has 10 heteroatoms. The van der Waals surface area contributed by atoms with Gasteiger partial charge < -0.3 is 9.80 Å². The molecule has 0 saturated heterocycles. The first-order chi connectivity index (χ1) is 24.9. The van der Waals surface area contributed by atoms with Crippen LogP contribution < -0.4 is 9.80 Å². The molecule has 0 aromatic heterocycles. The van der Waals surface area contributed by atoms with Gasteiger partial charge in [-0.3, -0.25) is 0 Å². The maximum Gasteiger partial charge on any atom is 0.138 e. The molecule has 2 aromatic rings. The van der Waals surface area contributed by atoms with E-state index in [2.05, 4.69) is 5.73 Å². The molecule has 2 aromatic carbocycles. The van der Waals surface area contributed by atoms with E-state index in [0.717, 1.165) is 11.4 Å². The molecule has 260 valence electrons. The fraction of sp³-hybridized carbons (Fsp3) is 0.279. The van der Waals surface area contributed by atoms with Gasteiger partial charge in [0.15, 0.2) is 0 Å². The summed E-state index contributed by atoms with van der Waals surface area (Å²) < 4.78 is 0. The summed E-state index contributed by atoms with van der Waals surface area (Å²) in [6.07, 6.45) is 0. The molecule has 0 N–H and O–H groups in total. The summed E-state index contributed by atoms with van der Waals surface area (Å²) in [4.78, 5) is 3.72. The molecular weight excluding hydrogens is 657 g/mol.